The summed E-state index contributed by atoms with van der Waals surface area (Å²) in [7, 11) is 0. The molecule has 0 aliphatic carbocycles. The van der Waals surface area contributed by atoms with E-state index in [2.05, 4.69) is 17.9 Å². The molecule has 1 aromatic heterocycles. The van der Waals surface area contributed by atoms with Crippen LogP contribution >= 0.6 is 0 Å². The Labute approximate surface area is 136 Å². The summed E-state index contributed by atoms with van der Waals surface area (Å²) in [6.45, 7) is 6.04. The fourth-order valence-corrected chi connectivity index (χ4v) is 3.77. The zero-order chi connectivity index (χ0) is 16.4. The van der Waals surface area contributed by atoms with Gasteiger partial charge in [-0.1, -0.05) is 12.5 Å². The predicted octanol–water partition coefficient (Wildman–Crippen LogP) is 3.15. The van der Waals surface area contributed by atoms with Crippen molar-refractivity contribution in [2.24, 2.45) is 0 Å². The Kier molecular flexibility index (Phi) is 4.83. The first-order valence-corrected chi connectivity index (χ1v) is 8.47. The summed E-state index contributed by atoms with van der Waals surface area (Å²) >= 11 is 0. The van der Waals surface area contributed by atoms with Crippen molar-refractivity contribution < 1.29 is 9.52 Å². The van der Waals surface area contributed by atoms with Gasteiger partial charge in [0.05, 0.1) is 0 Å². The number of fused-ring (bicyclic) bond motifs is 1. The van der Waals surface area contributed by atoms with Crippen LogP contribution in [0.15, 0.2) is 27.4 Å². The molecule has 4 heteroatoms. The van der Waals surface area contributed by atoms with Gasteiger partial charge >= 0.3 is 5.63 Å². The van der Waals surface area contributed by atoms with Crippen molar-refractivity contribution in [3.05, 3.63) is 45.3 Å². The van der Waals surface area contributed by atoms with Gasteiger partial charge in [0.2, 0.25) is 0 Å². The third-order valence-corrected chi connectivity index (χ3v) is 4.84. The molecule has 0 bridgehead atoms. The van der Waals surface area contributed by atoms with Crippen LogP contribution < -0.4 is 5.63 Å². The van der Waals surface area contributed by atoms with Crippen molar-refractivity contribution in [1.29, 1.82) is 0 Å². The van der Waals surface area contributed by atoms with Gasteiger partial charge in [-0.2, -0.15) is 0 Å². The Morgan fingerprint density at radius 3 is 2.87 bits per heavy atom. The van der Waals surface area contributed by atoms with Crippen molar-refractivity contribution in [3.8, 4) is 0 Å². The lowest BCUT2D eigenvalue weighted by Crippen LogP contribution is -2.39. The Hall–Kier alpha value is -1.65. The molecule has 1 aliphatic heterocycles. The van der Waals surface area contributed by atoms with E-state index in [9.17, 15) is 9.90 Å². The molecular formula is C19H25NO3. The lowest BCUT2D eigenvalue weighted by Gasteiger charge is -2.35. The predicted molar refractivity (Wildman–Crippen MR) is 91.7 cm³/mol. The number of hydrogen-bond acceptors (Lipinski definition) is 4. The molecule has 0 spiro atoms. The quantitative estimate of drug-likeness (QED) is 0.881. The number of aliphatic hydroxyl groups excluding tert-OH is 1. The number of nitrogens with zero attached hydrogens (tertiary/aromatic N) is 1. The van der Waals surface area contributed by atoms with Crippen LogP contribution in [-0.4, -0.2) is 29.2 Å². The summed E-state index contributed by atoms with van der Waals surface area (Å²) in [5.41, 5.74) is 3.64. The third-order valence-electron chi connectivity index (χ3n) is 4.84. The highest BCUT2D eigenvalue weighted by Gasteiger charge is 2.23. The molecular weight excluding hydrogens is 290 g/mol. The van der Waals surface area contributed by atoms with Gasteiger partial charge < -0.3 is 9.52 Å². The minimum absolute atomic E-state index is 0.219. The maximum Gasteiger partial charge on any atom is 0.336 e. The second-order valence-electron chi connectivity index (χ2n) is 6.68. The molecule has 1 aromatic carbocycles. The monoisotopic (exact) mass is 315 g/mol. The standard InChI is InChI=1S/C19H25NO3/c1-13-9-14(2)19-17(10-13)15(11-18(22)23-19)12-20-7-4-3-5-16(20)6-8-21/h9-11,16,21H,3-8,12H2,1-2H3. The van der Waals surface area contributed by atoms with Crippen LogP contribution in [0, 0.1) is 13.8 Å². The first kappa shape index (κ1) is 16.2. The van der Waals surface area contributed by atoms with E-state index < -0.39 is 0 Å². The van der Waals surface area contributed by atoms with Crippen LogP contribution in [0.25, 0.3) is 11.0 Å². The summed E-state index contributed by atoms with van der Waals surface area (Å²) in [6.07, 6.45) is 4.33. The number of benzene rings is 1. The highest BCUT2D eigenvalue weighted by molar-refractivity contribution is 5.83. The van der Waals surface area contributed by atoms with Gasteiger partial charge in [-0.3, -0.25) is 4.90 Å². The third kappa shape index (κ3) is 3.48. The van der Waals surface area contributed by atoms with E-state index in [4.69, 9.17) is 4.42 Å². The molecule has 2 aromatic rings. The summed E-state index contributed by atoms with van der Waals surface area (Å²) in [4.78, 5) is 14.4. The number of likely N-dealkylation sites (tertiary alicyclic amines) is 1. The highest BCUT2D eigenvalue weighted by Crippen LogP contribution is 2.27. The molecule has 1 saturated heterocycles. The first-order valence-electron chi connectivity index (χ1n) is 8.47. The van der Waals surface area contributed by atoms with Crippen LogP contribution in [0.2, 0.25) is 0 Å². The minimum Gasteiger partial charge on any atom is -0.422 e. The average molecular weight is 315 g/mol. The number of hydrogen-bond donors (Lipinski definition) is 1. The number of aliphatic hydroxyl groups is 1. The SMILES string of the molecule is Cc1cc(C)c2oc(=O)cc(CN3CCCCC3CCO)c2c1. The molecule has 4 nitrogen and oxygen atoms in total. The Bertz CT molecular complexity index is 748. The maximum atomic E-state index is 12.0. The van der Waals surface area contributed by atoms with Crippen LogP contribution in [0.3, 0.4) is 0 Å². The van der Waals surface area contributed by atoms with E-state index >= 15 is 0 Å². The van der Waals surface area contributed by atoms with Crippen molar-refractivity contribution in [2.45, 2.75) is 52.1 Å². The fraction of sp³-hybridized carbons (Fsp3) is 0.526. The Morgan fingerprint density at radius 2 is 2.09 bits per heavy atom. The first-order chi connectivity index (χ1) is 11.1. The van der Waals surface area contributed by atoms with Gasteiger partial charge in [0.1, 0.15) is 5.58 Å². The Morgan fingerprint density at radius 1 is 1.26 bits per heavy atom. The van der Waals surface area contributed by atoms with Crippen LogP contribution in [-0.2, 0) is 6.54 Å². The van der Waals surface area contributed by atoms with Crippen molar-refractivity contribution in [3.63, 3.8) is 0 Å². The molecule has 0 amide bonds. The fourth-order valence-electron chi connectivity index (χ4n) is 3.77. The zero-order valence-corrected chi connectivity index (χ0v) is 14.0. The molecule has 3 rings (SSSR count). The summed E-state index contributed by atoms with van der Waals surface area (Å²) in [5.74, 6) is 0. The van der Waals surface area contributed by atoms with Crippen LogP contribution in [0.4, 0.5) is 0 Å². The summed E-state index contributed by atoms with van der Waals surface area (Å²) < 4.78 is 5.44. The van der Waals surface area contributed by atoms with Crippen LogP contribution in [0.1, 0.15) is 42.4 Å². The normalized spacial score (nSPS) is 19.3. The van der Waals surface area contributed by atoms with E-state index in [1.165, 1.54) is 18.4 Å². The molecule has 1 aliphatic rings. The van der Waals surface area contributed by atoms with Crippen molar-refractivity contribution in [1.82, 2.24) is 4.90 Å². The lowest BCUT2D eigenvalue weighted by atomic mass is 9.97. The summed E-state index contributed by atoms with van der Waals surface area (Å²) in [6, 6.07) is 6.18. The van der Waals surface area contributed by atoms with Crippen LogP contribution in [0.5, 0.6) is 0 Å². The van der Waals surface area contributed by atoms with Gasteiger partial charge in [0.15, 0.2) is 0 Å². The molecule has 124 valence electrons. The molecule has 0 radical (unpaired) electrons. The van der Waals surface area contributed by atoms with Gasteiger partial charge in [0.25, 0.3) is 0 Å². The minimum atomic E-state index is -0.282. The second kappa shape index (κ2) is 6.85. The highest BCUT2D eigenvalue weighted by atomic mass is 16.4. The van der Waals surface area contributed by atoms with E-state index in [-0.39, 0.29) is 12.2 Å². The van der Waals surface area contributed by atoms with Gasteiger partial charge in [-0.15, -0.1) is 0 Å². The molecule has 1 unspecified atom stereocenters. The molecule has 1 N–H and O–H groups in total. The molecule has 23 heavy (non-hydrogen) atoms. The molecule has 2 heterocycles. The topological polar surface area (TPSA) is 53.7 Å². The van der Waals surface area contributed by atoms with E-state index in [1.807, 2.05) is 13.0 Å². The second-order valence-corrected chi connectivity index (χ2v) is 6.68. The lowest BCUT2D eigenvalue weighted by molar-refractivity contribution is 0.113. The van der Waals surface area contributed by atoms with Crippen molar-refractivity contribution in [2.75, 3.05) is 13.2 Å². The number of rotatable bonds is 4. The number of aryl methyl sites for hydroxylation is 2. The van der Waals surface area contributed by atoms with Crippen molar-refractivity contribution >= 4 is 11.0 Å². The largest absolute Gasteiger partial charge is 0.422 e. The molecule has 1 atom stereocenters. The van der Waals surface area contributed by atoms with Gasteiger partial charge in [-0.25, -0.2) is 4.79 Å². The zero-order valence-electron chi connectivity index (χ0n) is 14.0. The van der Waals surface area contributed by atoms with Gasteiger partial charge in [0, 0.05) is 30.6 Å². The van der Waals surface area contributed by atoms with E-state index in [0.717, 1.165) is 42.4 Å². The van der Waals surface area contributed by atoms with Gasteiger partial charge in [-0.05, 0) is 62.4 Å². The maximum absolute atomic E-state index is 12.0. The van der Waals surface area contributed by atoms with E-state index in [1.54, 1.807) is 6.07 Å². The molecule has 1 fully saturated rings. The number of piperidine rings is 1. The smallest absolute Gasteiger partial charge is 0.336 e. The summed E-state index contributed by atoms with van der Waals surface area (Å²) in [5, 5.41) is 10.3. The average Bonchev–Trinajstić information content (AvgIpc) is 2.51. The Balaban J connectivity index is 2.00. The molecule has 0 saturated carbocycles. The van der Waals surface area contributed by atoms with E-state index in [0.29, 0.717) is 11.6 Å².